The Morgan fingerprint density at radius 1 is 1.44 bits per heavy atom. The third kappa shape index (κ3) is 6.58. The Balaban J connectivity index is 0.00000289. The Labute approximate surface area is 117 Å². The van der Waals surface area contributed by atoms with Crippen LogP contribution in [0.15, 0.2) is 17.5 Å². The topological polar surface area (TPSA) is 84.2 Å². The van der Waals surface area contributed by atoms with Crippen LogP contribution >= 0.6 is 23.7 Å². The summed E-state index contributed by atoms with van der Waals surface area (Å²) in [6, 6.07) is 3.58. The summed E-state index contributed by atoms with van der Waals surface area (Å²) < 4.78 is 0. The number of hydrogen-bond donors (Lipinski definition) is 3. The van der Waals surface area contributed by atoms with Gasteiger partial charge in [-0.1, -0.05) is 6.07 Å². The molecule has 1 rings (SSSR count). The fourth-order valence-corrected chi connectivity index (χ4v) is 1.80. The molecule has 1 atom stereocenters. The maximum Gasteiger partial charge on any atom is 0.261 e. The highest BCUT2D eigenvalue weighted by atomic mass is 35.5. The molecule has 0 aliphatic rings. The van der Waals surface area contributed by atoms with Gasteiger partial charge in [0.15, 0.2) is 0 Å². The molecule has 0 bridgehead atoms. The molecule has 0 aromatic carbocycles. The van der Waals surface area contributed by atoms with E-state index in [1.807, 2.05) is 12.3 Å². The number of hydrogen-bond acceptors (Lipinski definition) is 4. The Morgan fingerprint density at radius 3 is 2.72 bits per heavy atom. The van der Waals surface area contributed by atoms with Gasteiger partial charge in [-0.3, -0.25) is 9.59 Å². The summed E-state index contributed by atoms with van der Waals surface area (Å²) in [5.74, 6) is -0.419. The van der Waals surface area contributed by atoms with Crippen LogP contribution < -0.4 is 16.4 Å². The quantitative estimate of drug-likeness (QED) is 0.723. The van der Waals surface area contributed by atoms with Gasteiger partial charge in [-0.15, -0.1) is 23.7 Å². The second kappa shape index (κ2) is 8.91. The first kappa shape index (κ1) is 16.9. The van der Waals surface area contributed by atoms with Crippen LogP contribution in [0, 0.1) is 0 Å². The molecule has 1 heterocycles. The summed E-state index contributed by atoms with van der Waals surface area (Å²) in [6.07, 6.45) is 0.727. The van der Waals surface area contributed by atoms with Gasteiger partial charge in [0.05, 0.1) is 11.4 Å². The molecule has 4 N–H and O–H groups in total. The van der Waals surface area contributed by atoms with Gasteiger partial charge >= 0.3 is 0 Å². The maximum absolute atomic E-state index is 11.5. The predicted octanol–water partition coefficient (Wildman–Crippen LogP) is 0.753. The van der Waals surface area contributed by atoms with Crippen molar-refractivity contribution in [2.24, 2.45) is 5.73 Å². The first-order valence-corrected chi connectivity index (χ1v) is 6.31. The monoisotopic (exact) mass is 291 g/mol. The zero-order valence-electron chi connectivity index (χ0n) is 10.1. The van der Waals surface area contributed by atoms with Crippen LogP contribution in [0.3, 0.4) is 0 Å². The number of carbonyl (C=O) groups excluding carboxylic acids is 2. The van der Waals surface area contributed by atoms with Crippen LogP contribution in [0.4, 0.5) is 0 Å². The van der Waals surface area contributed by atoms with Gasteiger partial charge in [-0.25, -0.2) is 0 Å². The molecule has 0 saturated heterocycles. The van der Waals surface area contributed by atoms with Crippen molar-refractivity contribution in [3.8, 4) is 0 Å². The van der Waals surface area contributed by atoms with Crippen LogP contribution in [-0.4, -0.2) is 30.9 Å². The van der Waals surface area contributed by atoms with Gasteiger partial charge in [0.25, 0.3) is 5.91 Å². The van der Waals surface area contributed by atoms with Gasteiger partial charge in [0.2, 0.25) is 5.91 Å². The number of halogens is 1. The summed E-state index contributed by atoms with van der Waals surface area (Å²) in [5, 5.41) is 7.05. The molecule has 0 aliphatic heterocycles. The molecular formula is C11H18ClN3O2S. The van der Waals surface area contributed by atoms with E-state index in [0.29, 0.717) is 11.4 Å². The second-order valence-electron chi connectivity index (χ2n) is 3.78. The van der Waals surface area contributed by atoms with Crippen molar-refractivity contribution in [2.45, 2.75) is 19.4 Å². The molecule has 0 aliphatic carbocycles. The van der Waals surface area contributed by atoms with Crippen LogP contribution in [-0.2, 0) is 4.79 Å². The lowest BCUT2D eigenvalue weighted by Crippen LogP contribution is -2.38. The van der Waals surface area contributed by atoms with Crippen molar-refractivity contribution in [1.29, 1.82) is 0 Å². The average molecular weight is 292 g/mol. The summed E-state index contributed by atoms with van der Waals surface area (Å²) in [5.41, 5.74) is 5.55. The Bertz CT molecular complexity index is 368. The van der Waals surface area contributed by atoms with Crippen molar-refractivity contribution < 1.29 is 9.59 Å². The fourth-order valence-electron chi connectivity index (χ4n) is 1.16. The smallest absolute Gasteiger partial charge is 0.261 e. The van der Waals surface area contributed by atoms with E-state index in [9.17, 15) is 9.59 Å². The van der Waals surface area contributed by atoms with E-state index < -0.39 is 0 Å². The lowest BCUT2D eigenvalue weighted by Gasteiger charge is -2.07. The van der Waals surface area contributed by atoms with E-state index in [0.717, 1.165) is 6.42 Å². The van der Waals surface area contributed by atoms with E-state index in [2.05, 4.69) is 10.6 Å². The molecule has 0 radical (unpaired) electrons. The van der Waals surface area contributed by atoms with Crippen molar-refractivity contribution in [2.75, 3.05) is 13.1 Å². The normalized spacial score (nSPS) is 11.2. The van der Waals surface area contributed by atoms with E-state index in [4.69, 9.17) is 5.73 Å². The van der Waals surface area contributed by atoms with Gasteiger partial charge in [-0.05, 0) is 24.8 Å². The molecule has 1 aromatic rings. The summed E-state index contributed by atoms with van der Waals surface area (Å²) in [4.78, 5) is 23.4. The van der Waals surface area contributed by atoms with Gasteiger partial charge in [0.1, 0.15) is 0 Å². The number of nitrogens with two attached hydrogens (primary N) is 1. The zero-order chi connectivity index (χ0) is 12.7. The van der Waals surface area contributed by atoms with Crippen molar-refractivity contribution in [1.82, 2.24) is 10.6 Å². The van der Waals surface area contributed by atoms with Crippen molar-refractivity contribution in [3.05, 3.63) is 22.4 Å². The zero-order valence-corrected chi connectivity index (χ0v) is 11.8. The molecule has 2 amide bonds. The highest BCUT2D eigenvalue weighted by Crippen LogP contribution is 2.07. The molecule has 0 spiro atoms. The number of carbonyl (C=O) groups is 2. The molecule has 1 unspecified atom stereocenters. The minimum atomic E-state index is -0.220. The molecular weight excluding hydrogens is 274 g/mol. The Hall–Kier alpha value is -1.11. The van der Waals surface area contributed by atoms with E-state index >= 15 is 0 Å². The molecule has 0 saturated carbocycles. The minimum Gasteiger partial charge on any atom is -0.355 e. The van der Waals surface area contributed by atoms with Gasteiger partial charge in [0, 0.05) is 12.6 Å². The van der Waals surface area contributed by atoms with Gasteiger partial charge < -0.3 is 16.4 Å². The summed E-state index contributed by atoms with van der Waals surface area (Å²) in [6.45, 7) is 2.41. The van der Waals surface area contributed by atoms with E-state index in [1.165, 1.54) is 11.3 Å². The number of amides is 2. The highest BCUT2D eigenvalue weighted by Gasteiger charge is 2.08. The van der Waals surface area contributed by atoms with E-state index in [1.54, 1.807) is 12.1 Å². The highest BCUT2D eigenvalue weighted by molar-refractivity contribution is 7.12. The second-order valence-corrected chi connectivity index (χ2v) is 4.72. The maximum atomic E-state index is 11.5. The standard InChI is InChI=1S/C11H17N3O2S.ClH/c1-8(12)4-5-13-10(15)7-14-11(16)9-3-2-6-17-9;/h2-3,6,8H,4-5,7,12H2,1H3,(H,13,15)(H,14,16);1H. The van der Waals surface area contributed by atoms with Gasteiger partial charge in [-0.2, -0.15) is 0 Å². The van der Waals surface area contributed by atoms with Crippen molar-refractivity contribution in [3.63, 3.8) is 0 Å². The predicted molar refractivity (Wildman–Crippen MR) is 75.2 cm³/mol. The van der Waals surface area contributed by atoms with Crippen LogP contribution in [0.5, 0.6) is 0 Å². The third-order valence-electron chi connectivity index (χ3n) is 2.08. The SMILES string of the molecule is CC(N)CCNC(=O)CNC(=O)c1cccs1.Cl. The lowest BCUT2D eigenvalue weighted by atomic mass is 10.2. The molecule has 102 valence electrons. The average Bonchev–Trinajstić information content (AvgIpc) is 2.78. The summed E-state index contributed by atoms with van der Waals surface area (Å²) >= 11 is 1.34. The largest absolute Gasteiger partial charge is 0.355 e. The molecule has 1 aromatic heterocycles. The Kier molecular flexibility index (Phi) is 8.36. The summed E-state index contributed by atoms with van der Waals surface area (Å²) in [7, 11) is 0. The third-order valence-corrected chi connectivity index (χ3v) is 2.94. The molecule has 7 heteroatoms. The number of rotatable bonds is 6. The Morgan fingerprint density at radius 2 is 2.17 bits per heavy atom. The molecule has 0 fully saturated rings. The fraction of sp³-hybridized carbons (Fsp3) is 0.455. The van der Waals surface area contributed by atoms with Crippen LogP contribution in [0.1, 0.15) is 23.0 Å². The molecule has 5 nitrogen and oxygen atoms in total. The van der Waals surface area contributed by atoms with Crippen molar-refractivity contribution >= 4 is 35.6 Å². The number of thiophene rings is 1. The molecule has 18 heavy (non-hydrogen) atoms. The minimum absolute atomic E-state index is 0. The van der Waals surface area contributed by atoms with Crippen LogP contribution in [0.25, 0.3) is 0 Å². The first-order chi connectivity index (χ1) is 8.09. The number of nitrogens with one attached hydrogen (secondary N) is 2. The van der Waals surface area contributed by atoms with Crippen LogP contribution in [0.2, 0.25) is 0 Å². The lowest BCUT2D eigenvalue weighted by molar-refractivity contribution is -0.120. The van der Waals surface area contributed by atoms with E-state index in [-0.39, 0.29) is 36.8 Å². The first-order valence-electron chi connectivity index (χ1n) is 5.43.